The highest BCUT2D eigenvalue weighted by molar-refractivity contribution is 7.89. The molecule has 0 N–H and O–H groups in total. The number of nitrogens with zero attached hydrogens (tertiary/aromatic N) is 3. The number of hydrogen-bond acceptors (Lipinski definition) is 4. The molecule has 1 saturated heterocycles. The fraction of sp³-hybridized carbons (Fsp3) is 0.500. The number of piperidine rings is 1. The van der Waals surface area contributed by atoms with E-state index in [0.29, 0.717) is 17.5 Å². The maximum absolute atomic E-state index is 13.1. The highest BCUT2D eigenvalue weighted by Crippen LogP contribution is 2.25. The molecule has 180 valence electrons. The van der Waals surface area contributed by atoms with Crippen molar-refractivity contribution in [2.45, 2.75) is 50.0 Å². The largest absolute Gasteiger partial charge is 0.340 e. The fourth-order valence-corrected chi connectivity index (χ4v) is 6.04. The number of amides is 1. The van der Waals surface area contributed by atoms with Gasteiger partial charge in [-0.25, -0.2) is 12.7 Å². The zero-order chi connectivity index (χ0) is 23.8. The Balaban J connectivity index is 1.64. The first-order valence-corrected chi connectivity index (χ1v) is 13.3. The molecule has 0 saturated carbocycles. The summed E-state index contributed by atoms with van der Waals surface area (Å²) in [4.78, 5) is 16.6. The number of carbonyl (C=O) groups is 1. The maximum atomic E-state index is 13.1. The van der Waals surface area contributed by atoms with Crippen LogP contribution < -0.4 is 0 Å². The molecule has 2 aromatic carbocycles. The van der Waals surface area contributed by atoms with E-state index in [1.54, 1.807) is 38.2 Å². The normalized spacial score (nSPS) is 16.6. The first-order chi connectivity index (χ1) is 15.8. The van der Waals surface area contributed by atoms with Crippen LogP contribution in [0.4, 0.5) is 0 Å². The standard InChI is InChI=1S/C26H37N3O3S/c1-4-29(22(2)30)25-16-19-28(20-17-25)18-15-24(23-11-7-5-8-12-23)21-27(3)33(31,32)26-13-9-6-10-14-26/h5-14,24-25H,4,15-21H2,1-3H3/t24-/m0/s1. The van der Waals surface area contributed by atoms with Gasteiger partial charge in [-0.2, -0.15) is 0 Å². The molecule has 1 aliphatic heterocycles. The van der Waals surface area contributed by atoms with Crippen LogP contribution in [0.25, 0.3) is 0 Å². The van der Waals surface area contributed by atoms with Crippen molar-refractivity contribution in [1.29, 1.82) is 0 Å². The van der Waals surface area contributed by atoms with Crippen LogP contribution in [0.3, 0.4) is 0 Å². The molecule has 0 bridgehead atoms. The fourth-order valence-electron chi connectivity index (χ4n) is 4.80. The molecule has 0 aromatic heterocycles. The minimum Gasteiger partial charge on any atom is -0.340 e. The van der Waals surface area contributed by atoms with E-state index in [9.17, 15) is 13.2 Å². The van der Waals surface area contributed by atoms with Crippen LogP contribution in [0, 0.1) is 0 Å². The number of rotatable bonds is 10. The van der Waals surface area contributed by atoms with Gasteiger partial charge in [0.25, 0.3) is 0 Å². The number of sulfonamides is 1. The van der Waals surface area contributed by atoms with Gasteiger partial charge >= 0.3 is 0 Å². The zero-order valence-corrected chi connectivity index (χ0v) is 20.9. The maximum Gasteiger partial charge on any atom is 0.242 e. The van der Waals surface area contributed by atoms with E-state index in [0.717, 1.165) is 51.0 Å². The highest BCUT2D eigenvalue weighted by atomic mass is 32.2. The monoisotopic (exact) mass is 471 g/mol. The third-order valence-electron chi connectivity index (χ3n) is 6.74. The Kier molecular flexibility index (Phi) is 9.06. The average Bonchev–Trinajstić information content (AvgIpc) is 2.83. The van der Waals surface area contributed by atoms with E-state index in [4.69, 9.17) is 0 Å². The van der Waals surface area contributed by atoms with Crippen molar-refractivity contribution in [3.05, 3.63) is 66.2 Å². The van der Waals surface area contributed by atoms with Crippen LogP contribution in [0.2, 0.25) is 0 Å². The van der Waals surface area contributed by atoms with Gasteiger partial charge in [0.05, 0.1) is 4.90 Å². The van der Waals surface area contributed by atoms with Crippen LogP contribution in [-0.4, -0.2) is 74.2 Å². The van der Waals surface area contributed by atoms with Crippen molar-refractivity contribution in [1.82, 2.24) is 14.1 Å². The van der Waals surface area contributed by atoms with E-state index in [1.165, 1.54) is 4.31 Å². The van der Waals surface area contributed by atoms with E-state index in [2.05, 4.69) is 17.0 Å². The molecular weight excluding hydrogens is 434 g/mol. The van der Waals surface area contributed by atoms with E-state index >= 15 is 0 Å². The van der Waals surface area contributed by atoms with Gasteiger partial charge in [-0.1, -0.05) is 48.5 Å². The smallest absolute Gasteiger partial charge is 0.242 e. The van der Waals surface area contributed by atoms with Crippen molar-refractivity contribution in [3.8, 4) is 0 Å². The third kappa shape index (κ3) is 6.65. The second-order valence-electron chi connectivity index (χ2n) is 8.87. The SMILES string of the molecule is CCN(C(C)=O)C1CCN(CC[C@@H](CN(C)S(=O)(=O)c2ccccc2)c2ccccc2)CC1. The molecule has 1 fully saturated rings. The van der Waals surface area contributed by atoms with Gasteiger partial charge in [0.15, 0.2) is 0 Å². The molecule has 33 heavy (non-hydrogen) atoms. The Labute approximate surface area is 199 Å². The van der Waals surface area contributed by atoms with Gasteiger partial charge in [-0.05, 0) is 56.3 Å². The van der Waals surface area contributed by atoms with E-state index in [1.807, 2.05) is 36.1 Å². The van der Waals surface area contributed by atoms with Crippen molar-refractivity contribution < 1.29 is 13.2 Å². The molecule has 0 radical (unpaired) electrons. The number of likely N-dealkylation sites (N-methyl/N-ethyl adjacent to an activating group) is 1. The van der Waals surface area contributed by atoms with Gasteiger partial charge in [0, 0.05) is 46.2 Å². The summed E-state index contributed by atoms with van der Waals surface area (Å²) in [6.07, 6.45) is 2.87. The van der Waals surface area contributed by atoms with E-state index < -0.39 is 10.0 Å². The summed E-state index contributed by atoms with van der Waals surface area (Å²) in [6.45, 7) is 7.74. The minimum absolute atomic E-state index is 0.108. The number of carbonyl (C=O) groups excluding carboxylic acids is 1. The molecule has 6 nitrogen and oxygen atoms in total. The van der Waals surface area contributed by atoms with Gasteiger partial charge in [-0.15, -0.1) is 0 Å². The summed E-state index contributed by atoms with van der Waals surface area (Å²) in [5, 5.41) is 0. The van der Waals surface area contributed by atoms with Gasteiger partial charge in [0.1, 0.15) is 0 Å². The van der Waals surface area contributed by atoms with Crippen LogP contribution in [0.1, 0.15) is 44.6 Å². The van der Waals surface area contributed by atoms with Gasteiger partial charge < -0.3 is 9.80 Å². The van der Waals surface area contributed by atoms with E-state index in [-0.39, 0.29) is 11.8 Å². The molecule has 1 heterocycles. The Morgan fingerprint density at radius 3 is 2.15 bits per heavy atom. The quantitative estimate of drug-likeness (QED) is 0.529. The first kappa shape index (κ1) is 25.4. The molecule has 0 spiro atoms. The Morgan fingerprint density at radius 2 is 1.61 bits per heavy atom. The van der Waals surface area contributed by atoms with Crippen molar-refractivity contribution in [3.63, 3.8) is 0 Å². The zero-order valence-electron chi connectivity index (χ0n) is 20.1. The summed E-state index contributed by atoms with van der Waals surface area (Å²) >= 11 is 0. The van der Waals surface area contributed by atoms with Gasteiger partial charge in [-0.3, -0.25) is 4.79 Å². The lowest BCUT2D eigenvalue weighted by molar-refractivity contribution is -0.131. The summed E-state index contributed by atoms with van der Waals surface area (Å²) in [5.41, 5.74) is 1.16. The predicted octanol–water partition coefficient (Wildman–Crippen LogP) is 3.81. The van der Waals surface area contributed by atoms with Crippen LogP contribution in [0.15, 0.2) is 65.6 Å². The summed E-state index contributed by atoms with van der Waals surface area (Å²) in [5.74, 6) is 0.263. The first-order valence-electron chi connectivity index (χ1n) is 11.9. The summed E-state index contributed by atoms with van der Waals surface area (Å²) < 4.78 is 27.6. The van der Waals surface area contributed by atoms with Crippen LogP contribution in [-0.2, 0) is 14.8 Å². The topological polar surface area (TPSA) is 60.9 Å². The van der Waals surface area contributed by atoms with Crippen molar-refractivity contribution >= 4 is 15.9 Å². The number of likely N-dealkylation sites (tertiary alicyclic amines) is 1. The number of benzene rings is 2. The molecular formula is C26H37N3O3S. The lowest BCUT2D eigenvalue weighted by Crippen LogP contribution is -2.47. The Morgan fingerprint density at radius 1 is 1.03 bits per heavy atom. The molecule has 0 unspecified atom stereocenters. The highest BCUT2D eigenvalue weighted by Gasteiger charge is 2.27. The second-order valence-corrected chi connectivity index (χ2v) is 10.9. The van der Waals surface area contributed by atoms with Crippen LogP contribution >= 0.6 is 0 Å². The summed E-state index contributed by atoms with van der Waals surface area (Å²) in [7, 11) is -1.86. The Hall–Kier alpha value is -2.22. The predicted molar refractivity (Wildman–Crippen MR) is 133 cm³/mol. The minimum atomic E-state index is -3.53. The van der Waals surface area contributed by atoms with Gasteiger partial charge in [0.2, 0.25) is 15.9 Å². The number of hydrogen-bond donors (Lipinski definition) is 0. The molecule has 7 heteroatoms. The average molecular weight is 472 g/mol. The molecule has 1 atom stereocenters. The lowest BCUT2D eigenvalue weighted by atomic mass is 9.94. The molecule has 1 aliphatic rings. The van der Waals surface area contributed by atoms with Crippen molar-refractivity contribution in [2.24, 2.45) is 0 Å². The molecule has 2 aromatic rings. The van der Waals surface area contributed by atoms with Crippen molar-refractivity contribution in [2.75, 3.05) is 39.8 Å². The Bertz CT molecular complexity index is 974. The summed E-state index contributed by atoms with van der Waals surface area (Å²) in [6, 6.07) is 19.2. The molecule has 1 amide bonds. The van der Waals surface area contributed by atoms with Crippen LogP contribution in [0.5, 0.6) is 0 Å². The molecule has 3 rings (SSSR count). The second kappa shape index (κ2) is 11.8. The third-order valence-corrected chi connectivity index (χ3v) is 8.57. The molecule has 0 aliphatic carbocycles. The lowest BCUT2D eigenvalue weighted by Gasteiger charge is -2.38.